The van der Waals surface area contributed by atoms with Crippen LogP contribution in [0.5, 0.6) is 0 Å². The molecule has 0 saturated heterocycles. The van der Waals surface area contributed by atoms with Gasteiger partial charge in [0, 0.05) is 0 Å². The van der Waals surface area contributed by atoms with E-state index in [2.05, 4.69) is 6.92 Å². The van der Waals surface area contributed by atoms with Crippen LogP contribution in [0.3, 0.4) is 0 Å². The number of carbonyl (C=O) groups is 1. The third-order valence-electron chi connectivity index (χ3n) is 0. The van der Waals surface area contributed by atoms with Crippen LogP contribution in [0.2, 0.25) is 0 Å². The van der Waals surface area contributed by atoms with E-state index in [1.54, 1.807) is 0 Å². The maximum atomic E-state index is 9.33. The third-order valence-corrected chi connectivity index (χ3v) is 0. The predicted molar refractivity (Wildman–Crippen MR) is 38.8 cm³/mol. The van der Waals surface area contributed by atoms with Gasteiger partial charge >= 0.3 is 16.8 Å². The average Bonchev–Trinajstić information content (AvgIpc) is 1.65. The zero-order valence-corrected chi connectivity index (χ0v) is 7.81. The van der Waals surface area contributed by atoms with Gasteiger partial charge in [0.1, 0.15) is 0 Å². The second kappa shape index (κ2) is 34.3. The largest absolute Gasteiger partial charge is 3.00 e. The zero-order valence-electron chi connectivity index (χ0n) is 6.77. The molecule has 0 bridgehead atoms. The van der Waals surface area contributed by atoms with Gasteiger partial charge in [0.25, 0.3) is 0 Å². The number of hydrogen-bond acceptors (Lipinski definition) is 3. The molecule has 0 spiro atoms. The number of ketones is 1. The molecule has 0 unspecified atom stereocenters. The SMILES string of the molecule is C[C-]=O.C[C-]=O.[CH2-]C(C)=O.[Co+3]. The van der Waals surface area contributed by atoms with Gasteiger partial charge in [0.05, 0.1) is 0 Å². The van der Waals surface area contributed by atoms with E-state index in [1.807, 2.05) is 0 Å². The smallest absolute Gasteiger partial charge is 0.542 e. The summed E-state index contributed by atoms with van der Waals surface area (Å²) >= 11 is 0. The van der Waals surface area contributed by atoms with E-state index >= 15 is 0 Å². The molecule has 0 aromatic rings. The van der Waals surface area contributed by atoms with Crippen molar-refractivity contribution in [1.29, 1.82) is 0 Å². The molecular weight excluding hydrogens is 191 g/mol. The summed E-state index contributed by atoms with van der Waals surface area (Å²) in [6.07, 6.45) is 3.00. The summed E-state index contributed by atoms with van der Waals surface area (Å²) in [7, 11) is 0. The van der Waals surface area contributed by atoms with Crippen molar-refractivity contribution in [3.63, 3.8) is 0 Å². The Bertz CT molecular complexity index is 81.7. The fourth-order valence-corrected chi connectivity index (χ4v) is 0. The monoisotopic (exact) mass is 202 g/mol. The molecule has 4 heteroatoms. The van der Waals surface area contributed by atoms with Gasteiger partial charge in [0.15, 0.2) is 0 Å². The molecule has 0 heterocycles. The summed E-state index contributed by atoms with van der Waals surface area (Å²) < 4.78 is 0. The molecular formula is C7H11CoO3. The molecule has 0 saturated carbocycles. The first-order chi connectivity index (χ1) is 4.56. The van der Waals surface area contributed by atoms with Gasteiger partial charge in [-0.25, -0.2) is 0 Å². The molecule has 0 aromatic carbocycles. The van der Waals surface area contributed by atoms with Gasteiger partial charge in [-0.1, -0.05) is 0 Å². The summed E-state index contributed by atoms with van der Waals surface area (Å²) in [6, 6.07) is 0. The van der Waals surface area contributed by atoms with Crippen LogP contribution < -0.4 is 0 Å². The molecule has 3 nitrogen and oxygen atoms in total. The molecule has 0 aliphatic heterocycles. The second-order valence-electron chi connectivity index (χ2n) is 1.11. The Morgan fingerprint density at radius 3 is 1.18 bits per heavy atom. The van der Waals surface area contributed by atoms with Gasteiger partial charge < -0.3 is 21.3 Å². The normalized spacial score (nSPS) is 4.64. The Balaban J connectivity index is -0.0000000325. The third kappa shape index (κ3) is 1360. The van der Waals surface area contributed by atoms with Crippen molar-refractivity contribution in [3.8, 4) is 0 Å². The standard InChI is InChI=1S/C3H5O.2C2H3O.Co/c1-3(2)4;2*1-2-3;/h1H2,2H3;2*1H3;/q3*-1;+3. The second-order valence-corrected chi connectivity index (χ2v) is 1.11. The molecule has 66 valence electrons. The number of hydrogen-bond donors (Lipinski definition) is 0. The molecule has 0 atom stereocenters. The van der Waals surface area contributed by atoms with E-state index in [0.29, 0.717) is 0 Å². The average molecular weight is 202 g/mol. The molecule has 0 aliphatic carbocycles. The van der Waals surface area contributed by atoms with Gasteiger partial charge in [-0.2, -0.15) is 13.8 Å². The van der Waals surface area contributed by atoms with Crippen molar-refractivity contribution in [2.75, 3.05) is 0 Å². The van der Waals surface area contributed by atoms with Crippen LogP contribution in [0.4, 0.5) is 0 Å². The molecule has 0 aliphatic rings. The quantitative estimate of drug-likeness (QED) is 0.541. The summed E-state index contributed by atoms with van der Waals surface area (Å²) in [4.78, 5) is 26.7. The van der Waals surface area contributed by atoms with Crippen LogP contribution in [0, 0.1) is 6.92 Å². The van der Waals surface area contributed by atoms with Crippen molar-refractivity contribution in [2.24, 2.45) is 0 Å². The van der Waals surface area contributed by atoms with E-state index in [9.17, 15) is 4.79 Å². The van der Waals surface area contributed by atoms with E-state index in [1.165, 1.54) is 33.3 Å². The minimum Gasteiger partial charge on any atom is -0.542 e. The molecule has 0 aromatic heterocycles. The number of carbonyl (C=O) groups excluding carboxylic acids is 3. The topological polar surface area (TPSA) is 51.2 Å². The Morgan fingerprint density at radius 2 is 1.18 bits per heavy atom. The van der Waals surface area contributed by atoms with Crippen LogP contribution in [-0.4, -0.2) is 18.4 Å². The maximum Gasteiger partial charge on any atom is 3.00 e. The summed E-state index contributed by atoms with van der Waals surface area (Å²) in [6.45, 7) is 7.06. The van der Waals surface area contributed by atoms with Crippen molar-refractivity contribution in [3.05, 3.63) is 6.92 Å². The van der Waals surface area contributed by atoms with Gasteiger partial charge in [-0.15, -0.1) is 0 Å². The Kier molecular flexibility index (Phi) is 70.0. The fourth-order valence-electron chi connectivity index (χ4n) is 0. The summed E-state index contributed by atoms with van der Waals surface area (Å²) in [5, 5.41) is 0. The van der Waals surface area contributed by atoms with Crippen LogP contribution in [0.15, 0.2) is 0 Å². The van der Waals surface area contributed by atoms with Gasteiger partial charge in [-0.3, -0.25) is 12.6 Å². The first-order valence-electron chi connectivity index (χ1n) is 2.47. The fraction of sp³-hybridized carbons (Fsp3) is 0.429. The molecule has 0 rings (SSSR count). The van der Waals surface area contributed by atoms with Crippen molar-refractivity contribution in [2.45, 2.75) is 20.8 Å². The molecule has 0 radical (unpaired) electrons. The van der Waals surface area contributed by atoms with Crippen LogP contribution >= 0.6 is 0 Å². The zero-order chi connectivity index (χ0) is 8.99. The van der Waals surface area contributed by atoms with Gasteiger partial charge in [0.2, 0.25) is 0 Å². The van der Waals surface area contributed by atoms with Crippen molar-refractivity contribution >= 4 is 18.4 Å². The number of Topliss-reactive ketones (excluding diaryl/α,β-unsaturated/α-hetero) is 1. The number of rotatable bonds is 0. The maximum absolute atomic E-state index is 9.33. The van der Waals surface area contributed by atoms with E-state index in [0.717, 1.165) is 0 Å². The van der Waals surface area contributed by atoms with Gasteiger partial charge in [-0.05, 0) is 12.7 Å². The first-order valence-corrected chi connectivity index (χ1v) is 2.47. The molecule has 0 amide bonds. The minimum absolute atomic E-state index is 0. The Morgan fingerprint density at radius 1 is 1.18 bits per heavy atom. The van der Waals surface area contributed by atoms with Crippen LogP contribution in [0.1, 0.15) is 20.8 Å². The minimum atomic E-state index is -0.0833. The van der Waals surface area contributed by atoms with E-state index < -0.39 is 0 Å². The van der Waals surface area contributed by atoms with Crippen LogP contribution in [-0.2, 0) is 31.2 Å². The molecule has 0 N–H and O–H groups in total. The molecule has 0 fully saturated rings. The summed E-state index contributed by atoms with van der Waals surface area (Å²) in [5.74, 6) is -0.0833. The predicted octanol–water partition coefficient (Wildman–Crippen LogP) is 0.639. The molecule has 11 heavy (non-hydrogen) atoms. The summed E-state index contributed by atoms with van der Waals surface area (Å²) in [5.41, 5.74) is 0. The van der Waals surface area contributed by atoms with E-state index in [-0.39, 0.29) is 22.6 Å². The van der Waals surface area contributed by atoms with Crippen LogP contribution in [0.25, 0.3) is 0 Å². The Hall–Kier alpha value is -0.614. The Labute approximate surface area is 77.7 Å². The van der Waals surface area contributed by atoms with E-state index in [4.69, 9.17) is 9.59 Å². The van der Waals surface area contributed by atoms with Crippen molar-refractivity contribution in [1.82, 2.24) is 0 Å². The first kappa shape index (κ1) is 22.4. The van der Waals surface area contributed by atoms with Crippen molar-refractivity contribution < 1.29 is 31.2 Å².